The molecule has 1 atom stereocenters. The number of aromatic nitrogens is 2. The van der Waals surface area contributed by atoms with Gasteiger partial charge in [-0.15, -0.1) is 0 Å². The van der Waals surface area contributed by atoms with Crippen molar-refractivity contribution >= 4 is 15.9 Å². The van der Waals surface area contributed by atoms with E-state index in [-0.39, 0.29) is 6.10 Å². The number of morpholine rings is 1. The van der Waals surface area contributed by atoms with Crippen LogP contribution in [0.25, 0.3) is 0 Å². The standard InChI is InChI=1S/C10H16BrN3O/c1-2-13-3-4-15-10(7-13)8-14-6-9(11)5-12-14/h5-6,10H,2-4,7-8H2,1H3. The Labute approximate surface area is 98.3 Å². The molecule has 1 aromatic heterocycles. The predicted octanol–water partition coefficient (Wildman–Crippen LogP) is 1.37. The summed E-state index contributed by atoms with van der Waals surface area (Å²) in [5.41, 5.74) is 0. The van der Waals surface area contributed by atoms with Crippen molar-refractivity contribution in [3.05, 3.63) is 16.9 Å². The SMILES string of the molecule is CCN1CCOC(Cn2cc(Br)cn2)C1. The Balaban J connectivity index is 1.88. The molecule has 0 aliphatic carbocycles. The van der Waals surface area contributed by atoms with Crippen molar-refractivity contribution in [2.45, 2.75) is 19.6 Å². The molecule has 84 valence electrons. The molecule has 0 N–H and O–H groups in total. The average molecular weight is 274 g/mol. The highest BCUT2D eigenvalue weighted by Crippen LogP contribution is 2.10. The van der Waals surface area contributed by atoms with Crippen molar-refractivity contribution in [3.8, 4) is 0 Å². The fourth-order valence-corrected chi connectivity index (χ4v) is 2.15. The first-order chi connectivity index (χ1) is 7.28. The van der Waals surface area contributed by atoms with Gasteiger partial charge in [0.2, 0.25) is 0 Å². The zero-order chi connectivity index (χ0) is 10.7. The molecule has 1 saturated heterocycles. The molecule has 2 heterocycles. The van der Waals surface area contributed by atoms with Gasteiger partial charge in [0.15, 0.2) is 0 Å². The van der Waals surface area contributed by atoms with Gasteiger partial charge >= 0.3 is 0 Å². The van der Waals surface area contributed by atoms with Crippen molar-refractivity contribution in [3.63, 3.8) is 0 Å². The van der Waals surface area contributed by atoms with E-state index in [0.29, 0.717) is 0 Å². The zero-order valence-corrected chi connectivity index (χ0v) is 10.5. The average Bonchev–Trinajstić information content (AvgIpc) is 2.64. The van der Waals surface area contributed by atoms with E-state index in [1.807, 2.05) is 10.9 Å². The van der Waals surface area contributed by atoms with Gasteiger partial charge in [-0.2, -0.15) is 5.10 Å². The van der Waals surface area contributed by atoms with E-state index < -0.39 is 0 Å². The van der Waals surface area contributed by atoms with Crippen LogP contribution in [0.15, 0.2) is 16.9 Å². The van der Waals surface area contributed by atoms with Crippen LogP contribution in [-0.4, -0.2) is 47.0 Å². The third kappa shape index (κ3) is 3.03. The number of ether oxygens (including phenoxy) is 1. The first-order valence-corrected chi connectivity index (χ1v) is 6.09. The van der Waals surface area contributed by atoms with E-state index in [1.165, 1.54) is 0 Å². The Morgan fingerprint density at radius 3 is 3.20 bits per heavy atom. The van der Waals surface area contributed by atoms with Gasteiger partial charge in [-0.05, 0) is 22.5 Å². The second-order valence-corrected chi connectivity index (χ2v) is 4.68. The van der Waals surface area contributed by atoms with E-state index in [4.69, 9.17) is 4.74 Å². The summed E-state index contributed by atoms with van der Waals surface area (Å²) >= 11 is 3.39. The number of halogens is 1. The van der Waals surface area contributed by atoms with Gasteiger partial charge in [-0.3, -0.25) is 9.58 Å². The molecular weight excluding hydrogens is 258 g/mol. The first-order valence-electron chi connectivity index (χ1n) is 5.30. The maximum Gasteiger partial charge on any atom is 0.0898 e. The Morgan fingerprint density at radius 2 is 2.53 bits per heavy atom. The number of hydrogen-bond donors (Lipinski definition) is 0. The van der Waals surface area contributed by atoms with E-state index in [1.54, 1.807) is 6.20 Å². The summed E-state index contributed by atoms with van der Waals surface area (Å²) < 4.78 is 8.65. The molecule has 15 heavy (non-hydrogen) atoms. The van der Waals surface area contributed by atoms with Crippen LogP contribution >= 0.6 is 15.9 Å². The van der Waals surface area contributed by atoms with E-state index in [0.717, 1.165) is 37.3 Å². The van der Waals surface area contributed by atoms with Crippen LogP contribution in [0.5, 0.6) is 0 Å². The van der Waals surface area contributed by atoms with E-state index in [9.17, 15) is 0 Å². The molecule has 0 radical (unpaired) electrons. The number of rotatable bonds is 3. The first kappa shape index (κ1) is 11.1. The zero-order valence-electron chi connectivity index (χ0n) is 8.90. The molecule has 1 unspecified atom stereocenters. The lowest BCUT2D eigenvalue weighted by Crippen LogP contribution is -2.44. The molecule has 5 heteroatoms. The van der Waals surface area contributed by atoms with Crippen molar-refractivity contribution in [1.82, 2.24) is 14.7 Å². The molecule has 1 aliphatic heterocycles. The Hall–Kier alpha value is -0.390. The maximum absolute atomic E-state index is 5.71. The summed E-state index contributed by atoms with van der Waals surface area (Å²) in [7, 11) is 0. The summed E-state index contributed by atoms with van der Waals surface area (Å²) in [4.78, 5) is 2.41. The lowest BCUT2D eigenvalue weighted by atomic mass is 10.2. The highest BCUT2D eigenvalue weighted by molar-refractivity contribution is 9.10. The third-order valence-corrected chi connectivity index (χ3v) is 3.07. The van der Waals surface area contributed by atoms with Gasteiger partial charge in [0, 0.05) is 19.3 Å². The minimum atomic E-state index is 0.269. The fourth-order valence-electron chi connectivity index (χ4n) is 1.82. The Kier molecular flexibility index (Phi) is 3.77. The highest BCUT2D eigenvalue weighted by Gasteiger charge is 2.19. The molecule has 1 aliphatic rings. The van der Waals surface area contributed by atoms with Crippen LogP contribution in [0.3, 0.4) is 0 Å². The number of nitrogens with zero attached hydrogens (tertiary/aromatic N) is 3. The Morgan fingerprint density at radius 1 is 1.67 bits per heavy atom. The van der Waals surface area contributed by atoms with Crippen LogP contribution in [0.2, 0.25) is 0 Å². The monoisotopic (exact) mass is 273 g/mol. The maximum atomic E-state index is 5.71. The van der Waals surface area contributed by atoms with Crippen LogP contribution in [-0.2, 0) is 11.3 Å². The topological polar surface area (TPSA) is 30.3 Å². The highest BCUT2D eigenvalue weighted by atomic mass is 79.9. The Bertz CT molecular complexity index is 315. The molecular formula is C10H16BrN3O. The molecule has 0 aromatic carbocycles. The third-order valence-electron chi connectivity index (χ3n) is 2.66. The molecule has 0 amide bonds. The van der Waals surface area contributed by atoms with Crippen LogP contribution in [0, 0.1) is 0 Å². The summed E-state index contributed by atoms with van der Waals surface area (Å²) in [6.45, 7) is 7.02. The van der Waals surface area contributed by atoms with Gasteiger partial charge in [0.05, 0.1) is 29.9 Å². The number of hydrogen-bond acceptors (Lipinski definition) is 3. The smallest absolute Gasteiger partial charge is 0.0898 e. The van der Waals surface area contributed by atoms with Crippen molar-refractivity contribution in [1.29, 1.82) is 0 Å². The number of likely N-dealkylation sites (N-methyl/N-ethyl adjacent to an activating group) is 1. The summed E-state index contributed by atoms with van der Waals surface area (Å²) in [6.07, 6.45) is 4.06. The predicted molar refractivity (Wildman–Crippen MR) is 61.8 cm³/mol. The molecule has 0 bridgehead atoms. The lowest BCUT2D eigenvalue weighted by molar-refractivity contribution is -0.0358. The normalized spacial score (nSPS) is 23.2. The molecule has 1 aromatic rings. The molecule has 0 spiro atoms. The summed E-state index contributed by atoms with van der Waals surface area (Å²) in [5, 5.41) is 4.23. The minimum Gasteiger partial charge on any atom is -0.374 e. The van der Waals surface area contributed by atoms with Crippen molar-refractivity contribution < 1.29 is 4.74 Å². The molecule has 4 nitrogen and oxygen atoms in total. The van der Waals surface area contributed by atoms with Crippen molar-refractivity contribution in [2.24, 2.45) is 0 Å². The molecule has 2 rings (SSSR count). The van der Waals surface area contributed by atoms with Crippen LogP contribution in [0.4, 0.5) is 0 Å². The summed E-state index contributed by atoms with van der Waals surface area (Å²) in [6, 6.07) is 0. The van der Waals surface area contributed by atoms with Gasteiger partial charge in [0.25, 0.3) is 0 Å². The summed E-state index contributed by atoms with van der Waals surface area (Å²) in [5.74, 6) is 0. The van der Waals surface area contributed by atoms with Gasteiger partial charge in [0.1, 0.15) is 0 Å². The van der Waals surface area contributed by atoms with Crippen LogP contribution < -0.4 is 0 Å². The quantitative estimate of drug-likeness (QED) is 0.834. The van der Waals surface area contributed by atoms with E-state index >= 15 is 0 Å². The molecule has 1 fully saturated rings. The second-order valence-electron chi connectivity index (χ2n) is 3.77. The second kappa shape index (κ2) is 5.09. The van der Waals surface area contributed by atoms with Gasteiger partial charge in [-0.1, -0.05) is 6.92 Å². The van der Waals surface area contributed by atoms with Crippen molar-refractivity contribution in [2.75, 3.05) is 26.2 Å². The lowest BCUT2D eigenvalue weighted by Gasteiger charge is -2.31. The van der Waals surface area contributed by atoms with Gasteiger partial charge in [-0.25, -0.2) is 0 Å². The van der Waals surface area contributed by atoms with E-state index in [2.05, 4.69) is 32.9 Å². The van der Waals surface area contributed by atoms with Gasteiger partial charge < -0.3 is 4.74 Å². The van der Waals surface area contributed by atoms with Crippen LogP contribution in [0.1, 0.15) is 6.92 Å². The minimum absolute atomic E-state index is 0.269. The fraction of sp³-hybridized carbons (Fsp3) is 0.700. The molecule has 0 saturated carbocycles. The largest absolute Gasteiger partial charge is 0.374 e.